The first-order valence-corrected chi connectivity index (χ1v) is 9.28. The molecule has 0 saturated carbocycles. The Kier molecular flexibility index (Phi) is 5.05. The molecule has 1 aromatic heterocycles. The van der Waals surface area contributed by atoms with Gasteiger partial charge >= 0.3 is 18.4 Å². The Balaban J connectivity index is 1.90. The predicted octanol–water partition coefficient (Wildman–Crippen LogP) is 2.87. The number of halogens is 1. The van der Waals surface area contributed by atoms with Crippen LogP contribution in [-0.2, 0) is 15.9 Å². The van der Waals surface area contributed by atoms with E-state index in [4.69, 9.17) is 9.31 Å². The van der Waals surface area contributed by atoms with Gasteiger partial charge in [-0.1, -0.05) is 24.3 Å². The fraction of sp³-hybridized carbons (Fsp3) is 0.389. The van der Waals surface area contributed by atoms with E-state index in [2.05, 4.69) is 15.9 Å². The first-order chi connectivity index (χ1) is 12.5. The predicted molar refractivity (Wildman–Crippen MR) is 106 cm³/mol. The first kappa shape index (κ1) is 19.8. The summed E-state index contributed by atoms with van der Waals surface area (Å²) in [7, 11) is -0.511. The van der Waals surface area contributed by atoms with Crippen LogP contribution in [0.25, 0.3) is 0 Å². The third-order valence-electron chi connectivity index (χ3n) is 5.06. The van der Waals surface area contributed by atoms with Gasteiger partial charge in [-0.25, -0.2) is 0 Å². The van der Waals surface area contributed by atoms with E-state index < -0.39 is 34.5 Å². The molecule has 142 valence electrons. The summed E-state index contributed by atoms with van der Waals surface area (Å²) >= 11 is 3.22. The minimum absolute atomic E-state index is 0.201. The van der Waals surface area contributed by atoms with E-state index in [9.17, 15) is 14.9 Å². The van der Waals surface area contributed by atoms with Crippen molar-refractivity contribution in [2.45, 2.75) is 45.4 Å². The van der Waals surface area contributed by atoms with Crippen molar-refractivity contribution in [2.75, 3.05) is 0 Å². The summed E-state index contributed by atoms with van der Waals surface area (Å²) in [4.78, 5) is 22.7. The third-order valence-corrected chi connectivity index (χ3v) is 5.49. The molecule has 2 aromatic rings. The molecule has 2 heterocycles. The van der Waals surface area contributed by atoms with Crippen molar-refractivity contribution >= 4 is 34.2 Å². The van der Waals surface area contributed by atoms with E-state index in [-0.39, 0.29) is 6.54 Å². The topological polar surface area (TPSA) is 83.6 Å². The van der Waals surface area contributed by atoms with Crippen LogP contribution in [0.4, 0.5) is 5.69 Å². The van der Waals surface area contributed by atoms with E-state index in [0.717, 1.165) is 11.0 Å². The molecule has 0 unspecified atom stereocenters. The number of nitrogens with zero attached hydrogens (tertiary/aromatic N) is 2. The zero-order valence-electron chi connectivity index (χ0n) is 15.6. The second kappa shape index (κ2) is 6.89. The SMILES string of the molecule is CC1(C)OB(c2cccc(Cn3cc(Br)cc([N+](=O)[O-])c3=O)c2)OC1(C)C. The van der Waals surface area contributed by atoms with E-state index in [1.54, 1.807) is 0 Å². The van der Waals surface area contributed by atoms with Gasteiger partial charge < -0.3 is 13.9 Å². The lowest BCUT2D eigenvalue weighted by atomic mass is 9.78. The van der Waals surface area contributed by atoms with Gasteiger partial charge in [0.05, 0.1) is 22.7 Å². The molecule has 27 heavy (non-hydrogen) atoms. The van der Waals surface area contributed by atoms with Gasteiger partial charge in [-0.2, -0.15) is 0 Å². The largest absolute Gasteiger partial charge is 0.494 e. The molecule has 3 rings (SSSR count). The number of hydrogen-bond donors (Lipinski definition) is 0. The molecule has 0 radical (unpaired) electrons. The molecule has 0 aliphatic carbocycles. The van der Waals surface area contributed by atoms with Crippen molar-refractivity contribution in [1.82, 2.24) is 4.57 Å². The third kappa shape index (κ3) is 3.85. The average molecular weight is 435 g/mol. The van der Waals surface area contributed by atoms with Crippen LogP contribution in [0.3, 0.4) is 0 Å². The summed E-state index contributed by atoms with van der Waals surface area (Å²) < 4.78 is 13.9. The zero-order valence-corrected chi connectivity index (χ0v) is 17.1. The van der Waals surface area contributed by atoms with Gasteiger partial charge in [-0.05, 0) is 54.7 Å². The molecule has 0 spiro atoms. The van der Waals surface area contributed by atoms with Crippen LogP contribution >= 0.6 is 15.9 Å². The zero-order chi connectivity index (χ0) is 20.0. The summed E-state index contributed by atoms with van der Waals surface area (Å²) in [6.07, 6.45) is 1.54. The Labute approximate surface area is 165 Å². The van der Waals surface area contributed by atoms with Gasteiger partial charge in [0, 0.05) is 16.7 Å². The maximum Gasteiger partial charge on any atom is 0.494 e. The second-order valence-electron chi connectivity index (χ2n) is 7.57. The molecule has 1 aliphatic heterocycles. The second-order valence-corrected chi connectivity index (χ2v) is 8.48. The number of rotatable bonds is 4. The molecule has 1 aromatic carbocycles. The maximum atomic E-state index is 12.3. The molecule has 1 saturated heterocycles. The molecule has 0 N–H and O–H groups in total. The quantitative estimate of drug-likeness (QED) is 0.419. The standard InChI is InChI=1S/C18H20BBrN2O5/c1-17(2)18(3,4)27-19(26-17)13-7-5-6-12(8-13)10-21-11-14(20)9-15(16(21)23)22(24)25/h5-9,11H,10H2,1-4H3. The van der Waals surface area contributed by atoms with Crippen LogP contribution in [0.1, 0.15) is 33.3 Å². The number of hydrogen-bond acceptors (Lipinski definition) is 5. The van der Waals surface area contributed by atoms with Crippen LogP contribution in [0.2, 0.25) is 0 Å². The highest BCUT2D eigenvalue weighted by Gasteiger charge is 2.51. The minimum Gasteiger partial charge on any atom is -0.399 e. The lowest BCUT2D eigenvalue weighted by Crippen LogP contribution is -2.41. The number of pyridine rings is 1. The molecule has 0 bridgehead atoms. The van der Waals surface area contributed by atoms with Crippen molar-refractivity contribution in [3.63, 3.8) is 0 Å². The minimum atomic E-state index is -0.676. The van der Waals surface area contributed by atoms with Crippen LogP contribution in [0.15, 0.2) is 45.8 Å². The normalized spacial score (nSPS) is 17.9. The van der Waals surface area contributed by atoms with Crippen molar-refractivity contribution in [2.24, 2.45) is 0 Å². The maximum absolute atomic E-state index is 12.3. The van der Waals surface area contributed by atoms with Crippen molar-refractivity contribution < 1.29 is 14.2 Å². The van der Waals surface area contributed by atoms with Crippen LogP contribution in [0, 0.1) is 10.1 Å². The van der Waals surface area contributed by atoms with Crippen LogP contribution < -0.4 is 11.0 Å². The van der Waals surface area contributed by atoms with Crippen molar-refractivity contribution in [3.05, 3.63) is 67.0 Å². The lowest BCUT2D eigenvalue weighted by molar-refractivity contribution is -0.386. The Morgan fingerprint density at radius 1 is 1.19 bits per heavy atom. The van der Waals surface area contributed by atoms with Gasteiger partial charge in [0.25, 0.3) is 0 Å². The highest BCUT2D eigenvalue weighted by atomic mass is 79.9. The molecule has 7 nitrogen and oxygen atoms in total. The van der Waals surface area contributed by atoms with Crippen LogP contribution in [-0.4, -0.2) is 27.8 Å². The lowest BCUT2D eigenvalue weighted by Gasteiger charge is -2.32. The van der Waals surface area contributed by atoms with Gasteiger partial charge in [0.2, 0.25) is 0 Å². The molecule has 1 fully saturated rings. The monoisotopic (exact) mass is 434 g/mol. The summed E-state index contributed by atoms with van der Waals surface area (Å²) in [5.41, 5.74) is -0.360. The van der Waals surface area contributed by atoms with Gasteiger partial charge in [0.1, 0.15) is 0 Å². The van der Waals surface area contributed by atoms with E-state index in [1.807, 2.05) is 52.0 Å². The molecule has 0 atom stereocenters. The Morgan fingerprint density at radius 3 is 2.41 bits per heavy atom. The van der Waals surface area contributed by atoms with Crippen molar-refractivity contribution in [1.29, 1.82) is 0 Å². The molecule has 0 amide bonds. The van der Waals surface area contributed by atoms with Crippen molar-refractivity contribution in [3.8, 4) is 0 Å². The summed E-state index contributed by atoms with van der Waals surface area (Å²) in [6, 6.07) is 8.71. The van der Waals surface area contributed by atoms with Gasteiger partial charge in [-0.15, -0.1) is 0 Å². The molecule has 9 heteroatoms. The Hall–Kier alpha value is -1.97. The summed E-state index contributed by atoms with van der Waals surface area (Å²) in [6.45, 7) is 8.13. The van der Waals surface area contributed by atoms with Crippen LogP contribution in [0.5, 0.6) is 0 Å². The average Bonchev–Trinajstić information content (AvgIpc) is 2.78. The highest BCUT2D eigenvalue weighted by Crippen LogP contribution is 2.36. The fourth-order valence-corrected chi connectivity index (χ4v) is 3.31. The summed E-state index contributed by atoms with van der Waals surface area (Å²) in [5, 5.41) is 11.1. The van der Waals surface area contributed by atoms with Gasteiger partial charge in [0.15, 0.2) is 0 Å². The summed E-state index contributed by atoms with van der Waals surface area (Å²) in [5.74, 6) is 0. The fourth-order valence-electron chi connectivity index (χ4n) is 2.85. The number of nitro groups is 1. The Bertz CT molecular complexity index is 941. The highest BCUT2D eigenvalue weighted by molar-refractivity contribution is 9.10. The Morgan fingerprint density at radius 2 is 1.81 bits per heavy atom. The molecular formula is C18H20BBrN2O5. The van der Waals surface area contributed by atoms with E-state index >= 15 is 0 Å². The van der Waals surface area contributed by atoms with Gasteiger partial charge in [-0.3, -0.25) is 14.9 Å². The smallest absolute Gasteiger partial charge is 0.399 e. The number of benzene rings is 1. The number of aromatic nitrogens is 1. The molecular weight excluding hydrogens is 415 g/mol. The first-order valence-electron chi connectivity index (χ1n) is 8.49. The molecule has 1 aliphatic rings. The van der Waals surface area contributed by atoms with E-state index in [0.29, 0.717) is 4.47 Å². The van der Waals surface area contributed by atoms with E-state index in [1.165, 1.54) is 16.8 Å².